The predicted octanol–water partition coefficient (Wildman–Crippen LogP) is 1.81. The van der Waals surface area contributed by atoms with Crippen LogP contribution >= 0.6 is 0 Å². The Bertz CT molecular complexity index is 962. The third kappa shape index (κ3) is 2.85. The lowest BCUT2D eigenvalue weighted by Gasteiger charge is -1.99. The molecule has 0 radical (unpaired) electrons. The lowest BCUT2D eigenvalue weighted by Crippen LogP contribution is -2.13. The van der Waals surface area contributed by atoms with Crippen LogP contribution in [0.1, 0.15) is 27.3 Å². The van der Waals surface area contributed by atoms with Crippen molar-refractivity contribution >= 4 is 22.6 Å². The minimum Gasteiger partial charge on any atom is -0.371 e. The molecule has 1 amide bonds. The van der Waals surface area contributed by atoms with Gasteiger partial charge in [-0.1, -0.05) is 18.1 Å². The molecule has 3 aromatic rings. The van der Waals surface area contributed by atoms with Crippen LogP contribution in [0, 0.1) is 18.8 Å². The minimum absolute atomic E-state index is 0.259. The highest BCUT2D eigenvalue weighted by Crippen LogP contribution is 2.16. The van der Waals surface area contributed by atoms with Crippen LogP contribution in [0.2, 0.25) is 0 Å². The number of aromatic amines is 1. The smallest absolute Gasteiger partial charge is 0.255 e. The number of hydrogen-bond donors (Lipinski definition) is 3. The van der Waals surface area contributed by atoms with E-state index in [0.717, 1.165) is 22.2 Å². The lowest BCUT2D eigenvalue weighted by molar-refractivity contribution is 0.100. The highest BCUT2D eigenvalue weighted by Gasteiger charge is 2.15. The van der Waals surface area contributed by atoms with Crippen molar-refractivity contribution in [3.8, 4) is 11.8 Å². The van der Waals surface area contributed by atoms with Crippen molar-refractivity contribution in [1.29, 1.82) is 0 Å². The van der Waals surface area contributed by atoms with Crippen LogP contribution in [0.4, 0.5) is 5.82 Å². The topological polar surface area (TPSA) is 96.7 Å². The van der Waals surface area contributed by atoms with Crippen molar-refractivity contribution in [2.75, 3.05) is 12.4 Å². The van der Waals surface area contributed by atoms with Crippen LogP contribution in [0.3, 0.4) is 0 Å². The van der Waals surface area contributed by atoms with Crippen molar-refractivity contribution in [1.82, 2.24) is 15.2 Å². The monoisotopic (exact) mass is 305 g/mol. The molecule has 0 saturated heterocycles. The van der Waals surface area contributed by atoms with Crippen LogP contribution in [-0.4, -0.2) is 28.1 Å². The number of carbonyl (C=O) groups is 1. The van der Waals surface area contributed by atoms with E-state index in [0.29, 0.717) is 11.5 Å². The van der Waals surface area contributed by atoms with Gasteiger partial charge in [-0.2, -0.15) is 5.10 Å². The van der Waals surface area contributed by atoms with Crippen LogP contribution in [0.25, 0.3) is 10.9 Å². The average Bonchev–Trinajstić information content (AvgIpc) is 2.95. The summed E-state index contributed by atoms with van der Waals surface area (Å²) in [5.41, 5.74) is 8.66. The first kappa shape index (κ1) is 14.6. The second-order valence-electron chi connectivity index (χ2n) is 5.05. The number of aryl methyl sites for hydroxylation is 1. The highest BCUT2D eigenvalue weighted by atomic mass is 16.1. The summed E-state index contributed by atoms with van der Waals surface area (Å²) in [7, 11) is 1.66. The Morgan fingerprint density at radius 2 is 2.04 bits per heavy atom. The summed E-state index contributed by atoms with van der Waals surface area (Å²) in [5, 5.41) is 10.6. The van der Waals surface area contributed by atoms with Gasteiger partial charge in [0.05, 0.1) is 5.52 Å². The molecule has 6 heteroatoms. The maximum atomic E-state index is 11.5. The van der Waals surface area contributed by atoms with Gasteiger partial charge in [-0.15, -0.1) is 0 Å². The fourth-order valence-electron chi connectivity index (χ4n) is 2.28. The number of carbonyl (C=O) groups excluding carboxylic acids is 1. The SMILES string of the molecule is CNc1n[nH]c(C#Cc2ccc3ccc(C)nc3c2)c1C(N)=O. The zero-order valence-electron chi connectivity index (χ0n) is 12.8. The van der Waals surface area contributed by atoms with Crippen molar-refractivity contribution in [3.05, 3.63) is 52.8 Å². The molecule has 23 heavy (non-hydrogen) atoms. The van der Waals surface area contributed by atoms with Gasteiger partial charge in [0.15, 0.2) is 5.82 Å². The van der Waals surface area contributed by atoms with Crippen molar-refractivity contribution in [3.63, 3.8) is 0 Å². The second kappa shape index (κ2) is 5.81. The maximum absolute atomic E-state index is 11.5. The molecular formula is C17H15N5O. The van der Waals surface area contributed by atoms with E-state index in [9.17, 15) is 4.79 Å². The number of nitrogens with zero attached hydrogens (tertiary/aromatic N) is 2. The van der Waals surface area contributed by atoms with Gasteiger partial charge < -0.3 is 11.1 Å². The zero-order chi connectivity index (χ0) is 16.4. The number of amides is 1. The number of nitrogens with one attached hydrogen (secondary N) is 2. The number of anilines is 1. The first-order valence-corrected chi connectivity index (χ1v) is 7.04. The third-order valence-corrected chi connectivity index (χ3v) is 3.41. The molecule has 1 aromatic carbocycles. The number of aromatic nitrogens is 3. The molecule has 0 unspecified atom stereocenters. The van der Waals surface area contributed by atoms with Crippen molar-refractivity contribution < 1.29 is 4.79 Å². The number of nitrogens with two attached hydrogens (primary N) is 1. The standard InChI is InChI=1S/C17H15N5O/c1-10-3-6-12-7-4-11(9-14(12)20-10)5-8-13-15(16(18)23)17(19-2)22-21-13/h3-4,6-7,9H,1-2H3,(H2,18,23)(H2,19,21,22). The molecule has 0 aliphatic heterocycles. The molecule has 6 nitrogen and oxygen atoms in total. The highest BCUT2D eigenvalue weighted by molar-refractivity contribution is 5.99. The molecule has 2 aromatic heterocycles. The number of primary amides is 1. The van der Waals surface area contributed by atoms with E-state index >= 15 is 0 Å². The molecule has 0 fully saturated rings. The van der Waals surface area contributed by atoms with E-state index in [4.69, 9.17) is 5.73 Å². The summed E-state index contributed by atoms with van der Waals surface area (Å²) in [4.78, 5) is 16.0. The van der Waals surface area contributed by atoms with Crippen LogP contribution in [-0.2, 0) is 0 Å². The van der Waals surface area contributed by atoms with Gasteiger partial charge >= 0.3 is 0 Å². The molecule has 114 valence electrons. The predicted molar refractivity (Wildman–Crippen MR) is 89.1 cm³/mol. The Balaban J connectivity index is 2.02. The summed E-state index contributed by atoms with van der Waals surface area (Å²) in [6.07, 6.45) is 0. The Morgan fingerprint density at radius 1 is 1.26 bits per heavy atom. The van der Waals surface area contributed by atoms with E-state index in [-0.39, 0.29) is 5.56 Å². The van der Waals surface area contributed by atoms with Gasteiger partial charge in [-0.05, 0) is 31.0 Å². The van der Waals surface area contributed by atoms with Gasteiger partial charge in [0.2, 0.25) is 0 Å². The fourth-order valence-corrected chi connectivity index (χ4v) is 2.28. The normalized spacial score (nSPS) is 10.2. The number of pyridine rings is 1. The van der Waals surface area contributed by atoms with E-state index < -0.39 is 5.91 Å². The van der Waals surface area contributed by atoms with Crippen LogP contribution in [0.5, 0.6) is 0 Å². The van der Waals surface area contributed by atoms with E-state index in [1.165, 1.54) is 0 Å². The summed E-state index contributed by atoms with van der Waals surface area (Å²) in [5.74, 6) is 5.72. The van der Waals surface area contributed by atoms with E-state index in [1.54, 1.807) is 7.05 Å². The van der Waals surface area contributed by atoms with Crippen LogP contribution in [0.15, 0.2) is 30.3 Å². The Labute approximate surface area is 133 Å². The van der Waals surface area contributed by atoms with Gasteiger partial charge in [-0.25, -0.2) is 0 Å². The fraction of sp³-hybridized carbons (Fsp3) is 0.118. The van der Waals surface area contributed by atoms with Crippen molar-refractivity contribution in [2.24, 2.45) is 5.73 Å². The molecule has 4 N–H and O–H groups in total. The molecule has 0 atom stereocenters. The van der Waals surface area contributed by atoms with Gasteiger partial charge in [0, 0.05) is 23.7 Å². The number of hydrogen-bond acceptors (Lipinski definition) is 4. The lowest BCUT2D eigenvalue weighted by atomic mass is 10.1. The maximum Gasteiger partial charge on any atom is 0.255 e. The Kier molecular flexibility index (Phi) is 3.69. The van der Waals surface area contributed by atoms with Gasteiger partial charge in [0.25, 0.3) is 5.91 Å². The second-order valence-corrected chi connectivity index (χ2v) is 5.05. The minimum atomic E-state index is -0.580. The molecule has 3 rings (SSSR count). The molecule has 0 aliphatic carbocycles. The third-order valence-electron chi connectivity index (χ3n) is 3.41. The summed E-state index contributed by atoms with van der Waals surface area (Å²) >= 11 is 0. The first-order valence-electron chi connectivity index (χ1n) is 7.04. The Morgan fingerprint density at radius 3 is 2.78 bits per heavy atom. The summed E-state index contributed by atoms with van der Waals surface area (Å²) < 4.78 is 0. The Hall–Kier alpha value is -3.33. The van der Waals surface area contributed by atoms with Crippen LogP contribution < -0.4 is 11.1 Å². The number of rotatable bonds is 2. The summed E-state index contributed by atoms with van der Waals surface area (Å²) in [6, 6.07) is 9.78. The van der Waals surface area contributed by atoms with E-state index in [1.807, 2.05) is 37.3 Å². The molecular weight excluding hydrogens is 290 g/mol. The molecule has 0 aliphatic rings. The molecule has 0 saturated carbocycles. The summed E-state index contributed by atoms with van der Waals surface area (Å²) in [6.45, 7) is 1.95. The number of benzene rings is 1. The quantitative estimate of drug-likeness (QED) is 0.629. The largest absolute Gasteiger partial charge is 0.371 e. The van der Waals surface area contributed by atoms with Crippen molar-refractivity contribution in [2.45, 2.75) is 6.92 Å². The van der Waals surface area contributed by atoms with Gasteiger partial charge in [-0.3, -0.25) is 14.9 Å². The number of H-pyrrole nitrogens is 1. The van der Waals surface area contributed by atoms with E-state index in [2.05, 4.69) is 32.3 Å². The molecule has 0 spiro atoms. The molecule has 2 heterocycles. The molecule has 0 bridgehead atoms. The number of fused-ring (bicyclic) bond motifs is 1. The first-order chi connectivity index (χ1) is 11.1. The zero-order valence-corrected chi connectivity index (χ0v) is 12.8. The van der Waals surface area contributed by atoms with Gasteiger partial charge in [0.1, 0.15) is 11.3 Å². The average molecular weight is 305 g/mol.